The minimum absolute atomic E-state index is 0.104. The zero-order chi connectivity index (χ0) is 13.3. The fourth-order valence-corrected chi connectivity index (χ4v) is 2.13. The van der Waals surface area contributed by atoms with Crippen molar-refractivity contribution in [2.24, 2.45) is 0 Å². The van der Waals surface area contributed by atoms with Crippen LogP contribution in [-0.2, 0) is 11.3 Å². The van der Waals surface area contributed by atoms with Gasteiger partial charge in [0.05, 0.1) is 12.2 Å². The van der Waals surface area contributed by atoms with Crippen molar-refractivity contribution in [3.8, 4) is 0 Å². The summed E-state index contributed by atoms with van der Waals surface area (Å²) in [6.45, 7) is 4.16. The molecular weight excluding hydrogens is 298 g/mol. The Balaban J connectivity index is 2.10. The molecule has 2 heterocycles. The maximum atomic E-state index is 12.0. The molecule has 0 N–H and O–H groups in total. The number of pyridine rings is 1. The van der Waals surface area contributed by atoms with Crippen LogP contribution in [0.3, 0.4) is 0 Å². The second-order valence-corrected chi connectivity index (χ2v) is 5.38. The molecule has 6 heteroatoms. The number of urea groups is 1. The van der Waals surface area contributed by atoms with Crippen LogP contribution in [0.15, 0.2) is 22.8 Å². The molecule has 2 rings (SSSR count). The van der Waals surface area contributed by atoms with Crippen molar-refractivity contribution in [1.82, 2.24) is 14.8 Å². The third kappa shape index (κ3) is 2.53. The van der Waals surface area contributed by atoms with E-state index in [0.29, 0.717) is 6.54 Å². The smallest absolute Gasteiger partial charge is 0.309 e. The Bertz CT molecular complexity index is 473. The van der Waals surface area contributed by atoms with Gasteiger partial charge in [0, 0.05) is 16.7 Å². The average Bonchev–Trinajstić information content (AvgIpc) is 2.57. The summed E-state index contributed by atoms with van der Waals surface area (Å²) in [5.74, 6) is -0.146. The van der Waals surface area contributed by atoms with Gasteiger partial charge in [-0.1, -0.05) is 0 Å². The Labute approximate surface area is 114 Å². The molecule has 3 amide bonds. The summed E-state index contributed by atoms with van der Waals surface area (Å²) < 4.78 is 0.888. The Hall–Kier alpha value is -1.43. The third-order valence-corrected chi connectivity index (χ3v) is 3.20. The van der Waals surface area contributed by atoms with Crippen molar-refractivity contribution in [2.75, 3.05) is 6.54 Å². The van der Waals surface area contributed by atoms with Gasteiger partial charge in [-0.2, -0.15) is 0 Å². The Morgan fingerprint density at radius 1 is 1.39 bits per heavy atom. The third-order valence-electron chi connectivity index (χ3n) is 2.73. The van der Waals surface area contributed by atoms with E-state index >= 15 is 0 Å². The number of rotatable bonds is 3. The number of carbonyl (C=O) groups is 2. The summed E-state index contributed by atoms with van der Waals surface area (Å²) in [5, 5.41) is 0. The number of nitrogens with zero attached hydrogens (tertiary/aromatic N) is 3. The van der Waals surface area contributed by atoms with Crippen LogP contribution < -0.4 is 0 Å². The fourth-order valence-electron chi connectivity index (χ4n) is 1.89. The van der Waals surface area contributed by atoms with E-state index in [1.54, 1.807) is 6.20 Å². The van der Waals surface area contributed by atoms with E-state index in [4.69, 9.17) is 0 Å². The quantitative estimate of drug-likeness (QED) is 0.802. The van der Waals surface area contributed by atoms with Crippen molar-refractivity contribution in [3.63, 3.8) is 0 Å². The molecule has 18 heavy (non-hydrogen) atoms. The predicted octanol–water partition coefficient (Wildman–Crippen LogP) is 2.02. The van der Waals surface area contributed by atoms with Gasteiger partial charge in [-0.3, -0.25) is 14.7 Å². The Morgan fingerprint density at radius 3 is 2.61 bits per heavy atom. The first kappa shape index (κ1) is 13.0. The van der Waals surface area contributed by atoms with Gasteiger partial charge in [-0.05, 0) is 41.9 Å². The van der Waals surface area contributed by atoms with Crippen LogP contribution in [-0.4, -0.2) is 39.3 Å². The van der Waals surface area contributed by atoms with Gasteiger partial charge in [0.1, 0.15) is 6.54 Å². The van der Waals surface area contributed by atoms with Crippen LogP contribution in [0.25, 0.3) is 0 Å². The molecule has 0 unspecified atom stereocenters. The van der Waals surface area contributed by atoms with Gasteiger partial charge in [0.25, 0.3) is 5.91 Å². The van der Waals surface area contributed by atoms with Gasteiger partial charge in [-0.25, -0.2) is 4.79 Å². The van der Waals surface area contributed by atoms with E-state index in [9.17, 15) is 9.59 Å². The molecule has 1 aliphatic heterocycles. The summed E-state index contributed by atoms with van der Waals surface area (Å²) in [6, 6.07) is 3.36. The highest BCUT2D eigenvalue weighted by Crippen LogP contribution is 2.17. The molecule has 5 nitrogen and oxygen atoms in total. The van der Waals surface area contributed by atoms with Crippen LogP contribution in [0.2, 0.25) is 0 Å². The van der Waals surface area contributed by atoms with Crippen molar-refractivity contribution in [1.29, 1.82) is 0 Å². The first-order chi connectivity index (χ1) is 8.49. The number of amides is 3. The monoisotopic (exact) mass is 311 g/mol. The van der Waals surface area contributed by atoms with Gasteiger partial charge in [0.15, 0.2) is 0 Å². The van der Waals surface area contributed by atoms with Crippen molar-refractivity contribution >= 4 is 27.9 Å². The first-order valence-corrected chi connectivity index (χ1v) is 6.49. The standard InChI is InChI=1S/C12H14BrN3O2/c1-8(2)16-11(17)7-15(12(16)18)6-10-4-3-9(13)5-14-10/h3-5,8H,6-7H2,1-2H3. The highest BCUT2D eigenvalue weighted by atomic mass is 79.9. The van der Waals surface area contributed by atoms with Gasteiger partial charge in [0.2, 0.25) is 0 Å². The lowest BCUT2D eigenvalue weighted by Crippen LogP contribution is -2.37. The topological polar surface area (TPSA) is 53.5 Å². The highest BCUT2D eigenvalue weighted by Gasteiger charge is 2.37. The second kappa shape index (κ2) is 5.06. The van der Waals surface area contributed by atoms with Crippen molar-refractivity contribution < 1.29 is 9.59 Å². The van der Waals surface area contributed by atoms with E-state index in [2.05, 4.69) is 20.9 Å². The predicted molar refractivity (Wildman–Crippen MR) is 69.7 cm³/mol. The number of carbonyl (C=O) groups excluding carboxylic acids is 2. The molecule has 1 fully saturated rings. The molecule has 1 aromatic rings. The molecule has 1 aliphatic rings. The summed E-state index contributed by atoms with van der Waals surface area (Å²) in [6.07, 6.45) is 1.68. The molecule has 96 valence electrons. The number of imide groups is 1. The van der Waals surface area contributed by atoms with Crippen LogP contribution in [0.5, 0.6) is 0 Å². The summed E-state index contributed by atoms with van der Waals surface area (Å²) in [4.78, 5) is 30.7. The molecular formula is C12H14BrN3O2. The number of halogens is 1. The lowest BCUT2D eigenvalue weighted by Gasteiger charge is -2.19. The SMILES string of the molecule is CC(C)N1C(=O)CN(Cc2ccc(Br)cn2)C1=O. The van der Waals surface area contributed by atoms with Crippen LogP contribution in [0.4, 0.5) is 4.79 Å². The fraction of sp³-hybridized carbons (Fsp3) is 0.417. The molecule has 0 spiro atoms. The summed E-state index contributed by atoms with van der Waals surface area (Å²) in [5.41, 5.74) is 0.768. The minimum Gasteiger partial charge on any atom is -0.309 e. The normalized spacial score (nSPS) is 16.0. The second-order valence-electron chi connectivity index (χ2n) is 4.46. The lowest BCUT2D eigenvalue weighted by atomic mass is 10.3. The van der Waals surface area contributed by atoms with Gasteiger partial charge < -0.3 is 4.90 Å². The van der Waals surface area contributed by atoms with Crippen LogP contribution in [0.1, 0.15) is 19.5 Å². The molecule has 0 aliphatic carbocycles. The highest BCUT2D eigenvalue weighted by molar-refractivity contribution is 9.10. The number of hydrogen-bond donors (Lipinski definition) is 0. The molecule has 1 saturated heterocycles. The lowest BCUT2D eigenvalue weighted by molar-refractivity contribution is -0.126. The van der Waals surface area contributed by atoms with Crippen molar-refractivity contribution in [3.05, 3.63) is 28.5 Å². The van der Waals surface area contributed by atoms with Crippen LogP contribution >= 0.6 is 15.9 Å². The van der Waals surface area contributed by atoms with E-state index in [1.807, 2.05) is 26.0 Å². The van der Waals surface area contributed by atoms with Crippen molar-refractivity contribution in [2.45, 2.75) is 26.4 Å². The van der Waals surface area contributed by atoms with Crippen LogP contribution in [0, 0.1) is 0 Å². The molecule has 0 bridgehead atoms. The zero-order valence-electron chi connectivity index (χ0n) is 10.3. The summed E-state index contributed by atoms with van der Waals surface area (Å²) in [7, 11) is 0. The Kier molecular flexibility index (Phi) is 3.65. The number of hydrogen-bond acceptors (Lipinski definition) is 3. The average molecular weight is 312 g/mol. The first-order valence-electron chi connectivity index (χ1n) is 5.70. The van der Waals surface area contributed by atoms with Gasteiger partial charge >= 0.3 is 6.03 Å². The van der Waals surface area contributed by atoms with E-state index < -0.39 is 0 Å². The summed E-state index contributed by atoms with van der Waals surface area (Å²) >= 11 is 3.30. The molecule has 0 aromatic carbocycles. The molecule has 1 aromatic heterocycles. The van der Waals surface area contributed by atoms with E-state index in [1.165, 1.54) is 9.80 Å². The molecule has 0 radical (unpaired) electrons. The maximum absolute atomic E-state index is 12.0. The molecule has 0 atom stereocenters. The van der Waals surface area contributed by atoms with E-state index in [-0.39, 0.29) is 24.5 Å². The largest absolute Gasteiger partial charge is 0.327 e. The zero-order valence-corrected chi connectivity index (χ0v) is 11.8. The maximum Gasteiger partial charge on any atom is 0.327 e. The van der Waals surface area contributed by atoms with Gasteiger partial charge in [-0.15, -0.1) is 0 Å². The Morgan fingerprint density at radius 2 is 2.11 bits per heavy atom. The molecule has 0 saturated carbocycles. The number of aromatic nitrogens is 1. The van der Waals surface area contributed by atoms with E-state index in [0.717, 1.165) is 10.2 Å². The minimum atomic E-state index is -0.236.